The largest absolute Gasteiger partial charge is 0.506 e. The SMILES string of the molecule is COCCS(=O)(=O)Nc1cc(OC)ccc1O. The highest BCUT2D eigenvalue weighted by Gasteiger charge is 2.13. The normalized spacial score (nSPS) is 11.2. The number of anilines is 1. The molecular weight excluding hydrogens is 246 g/mol. The van der Waals surface area contributed by atoms with E-state index in [2.05, 4.69) is 9.46 Å². The minimum atomic E-state index is -3.53. The zero-order valence-corrected chi connectivity index (χ0v) is 10.5. The van der Waals surface area contributed by atoms with Crippen molar-refractivity contribution in [3.8, 4) is 11.5 Å². The van der Waals surface area contributed by atoms with Gasteiger partial charge >= 0.3 is 0 Å². The number of rotatable bonds is 6. The molecule has 0 radical (unpaired) electrons. The van der Waals surface area contributed by atoms with Crippen LogP contribution in [0.25, 0.3) is 0 Å². The van der Waals surface area contributed by atoms with Crippen molar-refractivity contribution >= 4 is 15.7 Å². The van der Waals surface area contributed by atoms with Gasteiger partial charge in [-0.1, -0.05) is 0 Å². The van der Waals surface area contributed by atoms with Crippen LogP contribution >= 0.6 is 0 Å². The monoisotopic (exact) mass is 261 g/mol. The molecule has 0 aliphatic heterocycles. The molecule has 0 aliphatic rings. The number of hydrogen-bond acceptors (Lipinski definition) is 5. The molecule has 0 aliphatic carbocycles. The van der Waals surface area contributed by atoms with Gasteiger partial charge in [0.2, 0.25) is 10.0 Å². The molecule has 1 rings (SSSR count). The summed E-state index contributed by atoms with van der Waals surface area (Å²) in [5, 5.41) is 9.51. The number of phenolic OH excluding ortho intramolecular Hbond substituents is 1. The molecule has 0 fully saturated rings. The third-order valence-corrected chi connectivity index (χ3v) is 3.26. The third kappa shape index (κ3) is 4.12. The van der Waals surface area contributed by atoms with Crippen LogP contribution < -0.4 is 9.46 Å². The first-order valence-corrected chi connectivity index (χ1v) is 6.50. The van der Waals surface area contributed by atoms with Crippen LogP contribution in [0, 0.1) is 0 Å². The summed E-state index contributed by atoms with van der Waals surface area (Å²) in [5.74, 6) is 0.110. The predicted molar refractivity (Wildman–Crippen MR) is 63.9 cm³/mol. The molecule has 0 atom stereocenters. The zero-order chi connectivity index (χ0) is 12.9. The summed E-state index contributed by atoms with van der Waals surface area (Å²) in [6, 6.07) is 4.29. The lowest BCUT2D eigenvalue weighted by atomic mass is 10.3. The molecule has 0 amide bonds. The van der Waals surface area contributed by atoms with E-state index in [1.807, 2.05) is 0 Å². The van der Waals surface area contributed by atoms with E-state index in [0.29, 0.717) is 5.75 Å². The van der Waals surface area contributed by atoms with E-state index in [0.717, 1.165) is 0 Å². The lowest BCUT2D eigenvalue weighted by Gasteiger charge is -2.10. The van der Waals surface area contributed by atoms with Crippen LogP contribution in [0.1, 0.15) is 0 Å². The van der Waals surface area contributed by atoms with Gasteiger partial charge in [-0.2, -0.15) is 0 Å². The molecule has 1 aromatic rings. The summed E-state index contributed by atoms with van der Waals surface area (Å²) >= 11 is 0. The number of hydrogen-bond donors (Lipinski definition) is 2. The van der Waals surface area contributed by atoms with Crippen molar-refractivity contribution in [3.05, 3.63) is 18.2 Å². The molecule has 7 heteroatoms. The smallest absolute Gasteiger partial charge is 0.235 e. The van der Waals surface area contributed by atoms with Crippen molar-refractivity contribution < 1.29 is 23.0 Å². The summed E-state index contributed by atoms with van der Waals surface area (Å²) in [5.41, 5.74) is 0.0838. The van der Waals surface area contributed by atoms with Crippen molar-refractivity contribution in [3.63, 3.8) is 0 Å². The molecule has 0 saturated heterocycles. The fourth-order valence-corrected chi connectivity index (χ4v) is 2.12. The Hall–Kier alpha value is -1.47. The Kier molecular flexibility index (Phi) is 4.59. The second-order valence-electron chi connectivity index (χ2n) is 3.30. The highest BCUT2D eigenvalue weighted by Crippen LogP contribution is 2.28. The van der Waals surface area contributed by atoms with Crippen molar-refractivity contribution in [2.45, 2.75) is 0 Å². The average Bonchev–Trinajstić information content (AvgIpc) is 2.29. The Morgan fingerprint density at radius 1 is 1.35 bits per heavy atom. The van der Waals surface area contributed by atoms with Gasteiger partial charge in [0, 0.05) is 13.2 Å². The van der Waals surface area contributed by atoms with Crippen LogP contribution in [-0.2, 0) is 14.8 Å². The number of benzene rings is 1. The lowest BCUT2D eigenvalue weighted by Crippen LogP contribution is -2.19. The number of methoxy groups -OCH3 is 2. The van der Waals surface area contributed by atoms with E-state index in [9.17, 15) is 13.5 Å². The Bertz CT molecular complexity index is 472. The predicted octanol–water partition coefficient (Wildman–Crippen LogP) is 0.789. The molecule has 0 unspecified atom stereocenters. The molecule has 0 aromatic heterocycles. The maximum atomic E-state index is 11.6. The molecule has 0 spiro atoms. The van der Waals surface area contributed by atoms with Gasteiger partial charge in [-0.05, 0) is 12.1 Å². The quantitative estimate of drug-likeness (QED) is 0.739. The fraction of sp³-hybridized carbons (Fsp3) is 0.400. The van der Waals surface area contributed by atoms with E-state index in [1.54, 1.807) is 0 Å². The van der Waals surface area contributed by atoms with E-state index in [1.165, 1.54) is 32.4 Å². The summed E-state index contributed by atoms with van der Waals surface area (Å²) in [7, 11) is -0.666. The summed E-state index contributed by atoms with van der Waals surface area (Å²) in [6.07, 6.45) is 0. The van der Waals surface area contributed by atoms with Crippen LogP contribution in [0.2, 0.25) is 0 Å². The van der Waals surface area contributed by atoms with E-state index < -0.39 is 10.0 Å². The zero-order valence-electron chi connectivity index (χ0n) is 9.63. The molecule has 0 saturated carbocycles. The van der Waals surface area contributed by atoms with E-state index in [4.69, 9.17) is 4.74 Å². The van der Waals surface area contributed by atoms with Gasteiger partial charge in [0.05, 0.1) is 25.2 Å². The van der Waals surface area contributed by atoms with Crippen molar-refractivity contribution in [2.75, 3.05) is 31.3 Å². The minimum absolute atomic E-state index is 0.0834. The molecule has 96 valence electrons. The van der Waals surface area contributed by atoms with Gasteiger partial charge in [-0.15, -0.1) is 0 Å². The summed E-state index contributed by atoms with van der Waals surface area (Å²) in [6.45, 7) is 0.0834. The first-order valence-electron chi connectivity index (χ1n) is 4.85. The number of phenols is 1. The third-order valence-electron chi connectivity index (χ3n) is 2.03. The van der Waals surface area contributed by atoms with Gasteiger partial charge in [0.1, 0.15) is 11.5 Å². The fourth-order valence-electron chi connectivity index (χ4n) is 1.14. The Morgan fingerprint density at radius 2 is 2.06 bits per heavy atom. The van der Waals surface area contributed by atoms with Crippen LogP contribution in [-0.4, -0.2) is 40.1 Å². The van der Waals surface area contributed by atoms with Crippen LogP contribution in [0.3, 0.4) is 0 Å². The lowest BCUT2D eigenvalue weighted by molar-refractivity contribution is 0.217. The average molecular weight is 261 g/mol. The first-order chi connectivity index (χ1) is 7.98. The highest BCUT2D eigenvalue weighted by atomic mass is 32.2. The van der Waals surface area contributed by atoms with E-state index >= 15 is 0 Å². The molecule has 2 N–H and O–H groups in total. The van der Waals surface area contributed by atoms with Crippen LogP contribution in [0.4, 0.5) is 5.69 Å². The highest BCUT2D eigenvalue weighted by molar-refractivity contribution is 7.92. The Labute approximate surface area is 100 Å². The second-order valence-corrected chi connectivity index (χ2v) is 5.14. The van der Waals surface area contributed by atoms with E-state index in [-0.39, 0.29) is 23.8 Å². The molecule has 6 nitrogen and oxygen atoms in total. The number of ether oxygens (including phenoxy) is 2. The molecule has 0 heterocycles. The van der Waals surface area contributed by atoms with Gasteiger partial charge in [0.25, 0.3) is 0 Å². The van der Waals surface area contributed by atoms with Crippen LogP contribution in [0.5, 0.6) is 11.5 Å². The summed E-state index contributed by atoms with van der Waals surface area (Å²) in [4.78, 5) is 0. The second kappa shape index (κ2) is 5.74. The first kappa shape index (κ1) is 13.6. The van der Waals surface area contributed by atoms with Crippen molar-refractivity contribution in [2.24, 2.45) is 0 Å². The van der Waals surface area contributed by atoms with Gasteiger partial charge in [-0.3, -0.25) is 4.72 Å². The van der Waals surface area contributed by atoms with Crippen LogP contribution in [0.15, 0.2) is 18.2 Å². The number of aromatic hydroxyl groups is 1. The minimum Gasteiger partial charge on any atom is -0.506 e. The molecule has 0 bridgehead atoms. The van der Waals surface area contributed by atoms with Gasteiger partial charge < -0.3 is 14.6 Å². The Morgan fingerprint density at radius 3 is 2.65 bits per heavy atom. The standard InChI is InChI=1S/C10H15NO5S/c1-15-5-6-17(13,14)11-9-7-8(16-2)3-4-10(9)12/h3-4,7,11-12H,5-6H2,1-2H3. The topological polar surface area (TPSA) is 84.9 Å². The number of sulfonamides is 1. The Balaban J connectivity index is 2.87. The molecular formula is C10H15NO5S. The molecule has 17 heavy (non-hydrogen) atoms. The molecule has 1 aromatic carbocycles. The van der Waals surface area contributed by atoms with Gasteiger partial charge in [0.15, 0.2) is 0 Å². The number of nitrogens with one attached hydrogen (secondary N) is 1. The van der Waals surface area contributed by atoms with Gasteiger partial charge in [-0.25, -0.2) is 8.42 Å². The maximum absolute atomic E-state index is 11.6. The maximum Gasteiger partial charge on any atom is 0.235 e. The van der Waals surface area contributed by atoms with Crippen molar-refractivity contribution in [1.82, 2.24) is 0 Å². The summed E-state index contributed by atoms with van der Waals surface area (Å²) < 4.78 is 35.0. The van der Waals surface area contributed by atoms with Crippen molar-refractivity contribution in [1.29, 1.82) is 0 Å².